The number of aryl methyl sites for hydroxylation is 2. The van der Waals surface area contributed by atoms with Crippen LogP contribution in [0.1, 0.15) is 10.7 Å². The van der Waals surface area contributed by atoms with Gasteiger partial charge in [-0.1, -0.05) is 0 Å². The molecule has 0 aliphatic carbocycles. The van der Waals surface area contributed by atoms with E-state index in [1.807, 2.05) is 32.0 Å². The van der Waals surface area contributed by atoms with Gasteiger partial charge in [-0.2, -0.15) is 0 Å². The maximum atomic E-state index is 5.39. The topological polar surface area (TPSA) is 31.4 Å². The van der Waals surface area contributed by atoms with E-state index in [1.54, 1.807) is 25.6 Å². The highest BCUT2D eigenvalue weighted by Gasteiger charge is 2.13. The first-order valence-electron chi connectivity index (χ1n) is 5.32. The van der Waals surface area contributed by atoms with E-state index >= 15 is 0 Å². The van der Waals surface area contributed by atoms with Crippen LogP contribution in [0.15, 0.2) is 18.2 Å². The summed E-state index contributed by atoms with van der Waals surface area (Å²) in [6, 6.07) is 5.80. The summed E-state index contributed by atoms with van der Waals surface area (Å²) in [5.74, 6) is 1.67. The summed E-state index contributed by atoms with van der Waals surface area (Å²) >= 11 is 1.67. The van der Waals surface area contributed by atoms with E-state index < -0.39 is 0 Å². The number of ether oxygens (including phenoxy) is 2. The van der Waals surface area contributed by atoms with Crippen molar-refractivity contribution in [3.8, 4) is 21.9 Å². The maximum Gasteiger partial charge on any atom is 0.127 e. The SMILES string of the molecule is COc1ccc(OC)c(-c2sc(C)nc2C)c1. The Balaban J connectivity index is 2.59. The minimum absolute atomic E-state index is 0.825. The zero-order valence-corrected chi connectivity index (χ0v) is 11.2. The summed E-state index contributed by atoms with van der Waals surface area (Å²) in [7, 11) is 3.34. The molecule has 0 N–H and O–H groups in total. The first-order valence-corrected chi connectivity index (χ1v) is 6.13. The zero-order valence-electron chi connectivity index (χ0n) is 10.4. The molecule has 0 saturated carbocycles. The van der Waals surface area contributed by atoms with Crippen LogP contribution in [0.3, 0.4) is 0 Å². The first-order chi connectivity index (χ1) is 8.15. The minimum atomic E-state index is 0.825. The normalized spacial score (nSPS) is 10.4. The molecule has 1 aromatic heterocycles. The highest BCUT2D eigenvalue weighted by atomic mass is 32.1. The Hall–Kier alpha value is -1.55. The van der Waals surface area contributed by atoms with E-state index in [1.165, 1.54) is 0 Å². The summed E-state index contributed by atoms with van der Waals surface area (Å²) in [5, 5.41) is 1.06. The number of methoxy groups -OCH3 is 2. The predicted octanol–water partition coefficient (Wildman–Crippen LogP) is 3.44. The number of nitrogens with zero attached hydrogens (tertiary/aromatic N) is 1. The third-order valence-corrected chi connectivity index (χ3v) is 3.66. The Bertz CT molecular complexity index is 534. The molecular weight excluding hydrogens is 234 g/mol. The van der Waals surface area contributed by atoms with Gasteiger partial charge in [0, 0.05) is 5.56 Å². The number of hydrogen-bond acceptors (Lipinski definition) is 4. The second-order valence-electron chi connectivity index (χ2n) is 3.71. The summed E-state index contributed by atoms with van der Waals surface area (Å²) in [6.07, 6.45) is 0. The van der Waals surface area contributed by atoms with E-state index in [4.69, 9.17) is 9.47 Å². The second-order valence-corrected chi connectivity index (χ2v) is 4.92. The van der Waals surface area contributed by atoms with Crippen LogP contribution in [0.5, 0.6) is 11.5 Å². The van der Waals surface area contributed by atoms with Crippen molar-refractivity contribution in [1.29, 1.82) is 0 Å². The summed E-state index contributed by atoms with van der Waals surface area (Å²) < 4.78 is 10.6. The van der Waals surface area contributed by atoms with E-state index in [0.29, 0.717) is 0 Å². The smallest absolute Gasteiger partial charge is 0.127 e. The standard InChI is InChI=1S/C13H15NO2S/c1-8-13(17-9(2)14-8)11-7-10(15-3)5-6-12(11)16-4/h5-7H,1-4H3. The van der Waals surface area contributed by atoms with Gasteiger partial charge in [-0.15, -0.1) is 11.3 Å². The van der Waals surface area contributed by atoms with Crippen molar-refractivity contribution in [2.75, 3.05) is 14.2 Å². The van der Waals surface area contributed by atoms with Gasteiger partial charge in [0.2, 0.25) is 0 Å². The highest BCUT2D eigenvalue weighted by molar-refractivity contribution is 7.15. The number of aromatic nitrogens is 1. The van der Waals surface area contributed by atoms with Crippen LogP contribution in [0.4, 0.5) is 0 Å². The van der Waals surface area contributed by atoms with Crippen molar-refractivity contribution in [3.63, 3.8) is 0 Å². The molecule has 0 radical (unpaired) electrons. The van der Waals surface area contributed by atoms with E-state index in [2.05, 4.69) is 4.98 Å². The van der Waals surface area contributed by atoms with Gasteiger partial charge in [-0.3, -0.25) is 0 Å². The molecule has 0 bridgehead atoms. The molecule has 0 atom stereocenters. The molecule has 1 heterocycles. The molecule has 1 aromatic carbocycles. The van der Waals surface area contributed by atoms with Crippen molar-refractivity contribution in [2.45, 2.75) is 13.8 Å². The minimum Gasteiger partial charge on any atom is -0.497 e. The largest absolute Gasteiger partial charge is 0.497 e. The molecule has 0 saturated heterocycles. The molecule has 0 unspecified atom stereocenters. The van der Waals surface area contributed by atoms with Crippen molar-refractivity contribution in [1.82, 2.24) is 4.98 Å². The Morgan fingerprint density at radius 2 is 1.88 bits per heavy atom. The second kappa shape index (κ2) is 4.75. The molecule has 0 amide bonds. The molecule has 3 nitrogen and oxygen atoms in total. The molecular formula is C13H15NO2S. The Kier molecular flexibility index (Phi) is 3.33. The molecule has 0 aliphatic heterocycles. The molecule has 4 heteroatoms. The van der Waals surface area contributed by atoms with Gasteiger partial charge in [0.05, 0.1) is 29.8 Å². The third-order valence-electron chi connectivity index (χ3n) is 2.55. The fourth-order valence-corrected chi connectivity index (χ4v) is 2.71. The summed E-state index contributed by atoms with van der Waals surface area (Å²) in [5.41, 5.74) is 2.06. The van der Waals surface area contributed by atoms with Crippen molar-refractivity contribution >= 4 is 11.3 Å². The van der Waals surface area contributed by atoms with Crippen molar-refractivity contribution < 1.29 is 9.47 Å². The molecule has 2 aromatic rings. The van der Waals surface area contributed by atoms with E-state index in [9.17, 15) is 0 Å². The van der Waals surface area contributed by atoms with Crippen LogP contribution >= 0.6 is 11.3 Å². The fourth-order valence-electron chi connectivity index (χ4n) is 1.77. The van der Waals surface area contributed by atoms with Crippen LogP contribution in [0, 0.1) is 13.8 Å². The van der Waals surface area contributed by atoms with Gasteiger partial charge in [-0.05, 0) is 32.0 Å². The Morgan fingerprint density at radius 1 is 1.12 bits per heavy atom. The Morgan fingerprint density at radius 3 is 2.41 bits per heavy atom. The highest BCUT2D eigenvalue weighted by Crippen LogP contribution is 2.38. The number of rotatable bonds is 3. The fraction of sp³-hybridized carbons (Fsp3) is 0.308. The molecule has 0 spiro atoms. The average Bonchev–Trinajstić information content (AvgIpc) is 2.67. The molecule has 2 rings (SSSR count). The lowest BCUT2D eigenvalue weighted by molar-refractivity contribution is 0.404. The van der Waals surface area contributed by atoms with Crippen LogP contribution < -0.4 is 9.47 Å². The van der Waals surface area contributed by atoms with Gasteiger partial charge in [0.25, 0.3) is 0 Å². The lowest BCUT2D eigenvalue weighted by atomic mass is 10.1. The predicted molar refractivity (Wildman–Crippen MR) is 70.1 cm³/mol. The lowest BCUT2D eigenvalue weighted by Crippen LogP contribution is -1.90. The van der Waals surface area contributed by atoms with Gasteiger partial charge >= 0.3 is 0 Å². The summed E-state index contributed by atoms with van der Waals surface area (Å²) in [6.45, 7) is 4.02. The number of hydrogen-bond donors (Lipinski definition) is 0. The van der Waals surface area contributed by atoms with Gasteiger partial charge in [0.15, 0.2) is 0 Å². The molecule has 90 valence electrons. The van der Waals surface area contributed by atoms with Crippen molar-refractivity contribution in [2.24, 2.45) is 0 Å². The molecule has 0 fully saturated rings. The van der Waals surface area contributed by atoms with Gasteiger partial charge < -0.3 is 9.47 Å². The van der Waals surface area contributed by atoms with Gasteiger partial charge in [-0.25, -0.2) is 4.98 Å². The Labute approximate surface area is 105 Å². The van der Waals surface area contributed by atoms with E-state index in [0.717, 1.165) is 32.6 Å². The average molecular weight is 249 g/mol. The van der Waals surface area contributed by atoms with Crippen molar-refractivity contribution in [3.05, 3.63) is 28.9 Å². The first kappa shape index (κ1) is 11.9. The molecule has 0 aliphatic rings. The quantitative estimate of drug-likeness (QED) is 0.835. The van der Waals surface area contributed by atoms with Crippen LogP contribution in [-0.4, -0.2) is 19.2 Å². The number of thiazole rings is 1. The van der Waals surface area contributed by atoms with E-state index in [-0.39, 0.29) is 0 Å². The van der Waals surface area contributed by atoms with Crippen LogP contribution in [-0.2, 0) is 0 Å². The molecule has 17 heavy (non-hydrogen) atoms. The lowest BCUT2D eigenvalue weighted by Gasteiger charge is -2.09. The number of benzene rings is 1. The summed E-state index contributed by atoms with van der Waals surface area (Å²) in [4.78, 5) is 5.58. The monoisotopic (exact) mass is 249 g/mol. The van der Waals surface area contributed by atoms with Crippen LogP contribution in [0.2, 0.25) is 0 Å². The zero-order chi connectivity index (χ0) is 12.4. The third kappa shape index (κ3) is 2.26. The maximum absolute atomic E-state index is 5.39. The van der Waals surface area contributed by atoms with Crippen LogP contribution in [0.25, 0.3) is 10.4 Å². The van der Waals surface area contributed by atoms with Gasteiger partial charge in [0.1, 0.15) is 11.5 Å².